The SMILES string of the molecule is CCn1c(=O)c(N2CCCC(C(=O)NCc3ccc(OC)cc3)C2)nc2ccccc21. The number of hydrogen-bond acceptors (Lipinski definition) is 5. The summed E-state index contributed by atoms with van der Waals surface area (Å²) in [6.45, 7) is 4.24. The van der Waals surface area contributed by atoms with E-state index >= 15 is 0 Å². The summed E-state index contributed by atoms with van der Waals surface area (Å²) in [6.07, 6.45) is 1.65. The van der Waals surface area contributed by atoms with E-state index in [0.717, 1.165) is 41.7 Å². The zero-order valence-corrected chi connectivity index (χ0v) is 18.0. The van der Waals surface area contributed by atoms with Gasteiger partial charge < -0.3 is 19.5 Å². The molecule has 1 unspecified atom stereocenters. The average molecular weight is 421 g/mol. The Morgan fingerprint density at radius 2 is 1.97 bits per heavy atom. The van der Waals surface area contributed by atoms with Crippen LogP contribution < -0.4 is 20.5 Å². The number of carbonyl (C=O) groups is 1. The standard InChI is InChI=1S/C24H28N4O3/c1-3-28-21-9-5-4-8-20(21)26-22(24(28)30)27-14-6-7-18(16-27)23(29)25-15-17-10-12-19(31-2)13-11-17/h4-5,8-13,18H,3,6-7,14-16H2,1-2H3,(H,25,29). The van der Waals surface area contributed by atoms with Crippen molar-refractivity contribution in [2.24, 2.45) is 5.92 Å². The van der Waals surface area contributed by atoms with Gasteiger partial charge in [-0.1, -0.05) is 24.3 Å². The summed E-state index contributed by atoms with van der Waals surface area (Å²) in [4.78, 5) is 32.6. The predicted molar refractivity (Wildman–Crippen MR) is 121 cm³/mol. The van der Waals surface area contributed by atoms with Gasteiger partial charge in [-0.3, -0.25) is 9.59 Å². The van der Waals surface area contributed by atoms with Gasteiger partial charge in [0.15, 0.2) is 5.82 Å². The second kappa shape index (κ2) is 9.20. The summed E-state index contributed by atoms with van der Waals surface area (Å²) >= 11 is 0. The maximum atomic E-state index is 13.1. The smallest absolute Gasteiger partial charge is 0.293 e. The van der Waals surface area contributed by atoms with E-state index in [0.29, 0.717) is 25.5 Å². The number of nitrogens with one attached hydrogen (secondary N) is 1. The number of para-hydroxylation sites is 2. The maximum Gasteiger partial charge on any atom is 0.293 e. The predicted octanol–water partition coefficient (Wildman–Crippen LogP) is 2.96. The third kappa shape index (κ3) is 4.40. The lowest BCUT2D eigenvalue weighted by Gasteiger charge is -2.32. The lowest BCUT2D eigenvalue weighted by Crippen LogP contribution is -2.45. The van der Waals surface area contributed by atoms with Crippen molar-refractivity contribution in [3.05, 3.63) is 64.4 Å². The molecule has 1 atom stereocenters. The van der Waals surface area contributed by atoms with Gasteiger partial charge in [-0.15, -0.1) is 0 Å². The molecule has 1 saturated heterocycles. The fourth-order valence-corrected chi connectivity index (χ4v) is 4.16. The highest BCUT2D eigenvalue weighted by atomic mass is 16.5. The van der Waals surface area contributed by atoms with Gasteiger partial charge in [0.05, 0.1) is 24.1 Å². The van der Waals surface area contributed by atoms with Crippen LogP contribution in [0.2, 0.25) is 0 Å². The summed E-state index contributed by atoms with van der Waals surface area (Å²) in [5.74, 6) is 1.07. The van der Waals surface area contributed by atoms with Crippen molar-refractivity contribution in [1.82, 2.24) is 14.9 Å². The first kappa shape index (κ1) is 20.9. The first-order chi connectivity index (χ1) is 15.1. The highest BCUT2D eigenvalue weighted by Gasteiger charge is 2.28. The zero-order chi connectivity index (χ0) is 21.8. The molecule has 1 aromatic heterocycles. The molecule has 1 N–H and O–H groups in total. The number of fused-ring (bicyclic) bond motifs is 1. The fourth-order valence-electron chi connectivity index (χ4n) is 4.16. The van der Waals surface area contributed by atoms with E-state index in [2.05, 4.69) is 10.3 Å². The van der Waals surface area contributed by atoms with E-state index in [1.54, 1.807) is 11.7 Å². The number of carbonyl (C=O) groups excluding carboxylic acids is 1. The number of rotatable bonds is 6. The van der Waals surface area contributed by atoms with E-state index in [1.165, 1.54) is 0 Å². The van der Waals surface area contributed by atoms with Crippen LogP contribution in [0.5, 0.6) is 5.75 Å². The minimum atomic E-state index is -0.172. The van der Waals surface area contributed by atoms with Crippen LogP contribution in [0.25, 0.3) is 11.0 Å². The topological polar surface area (TPSA) is 76.5 Å². The van der Waals surface area contributed by atoms with Gasteiger partial charge in [0.25, 0.3) is 5.56 Å². The monoisotopic (exact) mass is 420 g/mol. The third-order valence-electron chi connectivity index (χ3n) is 5.87. The minimum absolute atomic E-state index is 0.0112. The fraction of sp³-hybridized carbons (Fsp3) is 0.375. The number of nitrogens with zero attached hydrogens (tertiary/aromatic N) is 3. The Labute approximate surface area is 181 Å². The van der Waals surface area contributed by atoms with Crippen molar-refractivity contribution in [1.29, 1.82) is 0 Å². The van der Waals surface area contributed by atoms with Crippen LogP contribution in [-0.2, 0) is 17.9 Å². The number of aromatic nitrogens is 2. The highest BCUT2D eigenvalue weighted by molar-refractivity contribution is 5.80. The van der Waals surface area contributed by atoms with Gasteiger partial charge in [0.2, 0.25) is 5.91 Å². The summed E-state index contributed by atoms with van der Waals surface area (Å²) in [6, 6.07) is 15.3. The van der Waals surface area contributed by atoms with Crippen LogP contribution in [-0.4, -0.2) is 35.7 Å². The normalized spacial score (nSPS) is 16.3. The van der Waals surface area contributed by atoms with Crippen LogP contribution in [0.15, 0.2) is 53.3 Å². The first-order valence-corrected chi connectivity index (χ1v) is 10.8. The number of aryl methyl sites for hydroxylation is 1. The van der Waals surface area contributed by atoms with E-state index in [-0.39, 0.29) is 17.4 Å². The number of piperidine rings is 1. The quantitative estimate of drug-likeness (QED) is 0.664. The molecule has 1 fully saturated rings. The molecule has 7 nitrogen and oxygen atoms in total. The molecule has 1 amide bonds. The van der Waals surface area contributed by atoms with Gasteiger partial charge in [-0.25, -0.2) is 4.98 Å². The molecular weight excluding hydrogens is 392 g/mol. The molecule has 0 spiro atoms. The summed E-state index contributed by atoms with van der Waals surface area (Å²) in [5, 5.41) is 3.03. The van der Waals surface area contributed by atoms with E-state index < -0.39 is 0 Å². The Morgan fingerprint density at radius 1 is 1.19 bits per heavy atom. The molecule has 4 rings (SSSR count). The highest BCUT2D eigenvalue weighted by Crippen LogP contribution is 2.22. The van der Waals surface area contributed by atoms with Crippen LogP contribution >= 0.6 is 0 Å². The number of methoxy groups -OCH3 is 1. The summed E-state index contributed by atoms with van der Waals surface area (Å²) in [7, 11) is 1.63. The second-order valence-corrected chi connectivity index (χ2v) is 7.82. The Hall–Kier alpha value is -3.35. The molecule has 1 aliphatic rings. The van der Waals surface area contributed by atoms with Gasteiger partial charge >= 0.3 is 0 Å². The molecule has 0 saturated carbocycles. The molecule has 162 valence electrons. The van der Waals surface area contributed by atoms with Crippen molar-refractivity contribution in [2.75, 3.05) is 25.1 Å². The van der Waals surface area contributed by atoms with E-state index in [9.17, 15) is 9.59 Å². The van der Waals surface area contributed by atoms with Crippen molar-refractivity contribution < 1.29 is 9.53 Å². The second-order valence-electron chi connectivity index (χ2n) is 7.82. The molecule has 2 aromatic carbocycles. The van der Waals surface area contributed by atoms with Gasteiger partial charge in [-0.05, 0) is 49.6 Å². The van der Waals surface area contributed by atoms with Crippen LogP contribution in [0.4, 0.5) is 5.82 Å². The molecule has 1 aliphatic heterocycles. The number of hydrogen-bond donors (Lipinski definition) is 1. The van der Waals surface area contributed by atoms with Crippen molar-refractivity contribution in [2.45, 2.75) is 32.9 Å². The van der Waals surface area contributed by atoms with Crippen molar-refractivity contribution in [3.63, 3.8) is 0 Å². The van der Waals surface area contributed by atoms with Gasteiger partial charge in [-0.2, -0.15) is 0 Å². The number of ether oxygens (including phenoxy) is 1. The maximum absolute atomic E-state index is 13.1. The summed E-state index contributed by atoms with van der Waals surface area (Å²) < 4.78 is 6.93. The molecule has 0 radical (unpaired) electrons. The molecule has 31 heavy (non-hydrogen) atoms. The molecular formula is C24H28N4O3. The summed E-state index contributed by atoms with van der Waals surface area (Å²) in [5.41, 5.74) is 2.55. The number of benzene rings is 2. The Kier molecular flexibility index (Phi) is 6.21. The lowest BCUT2D eigenvalue weighted by atomic mass is 9.97. The largest absolute Gasteiger partial charge is 0.497 e. The van der Waals surface area contributed by atoms with Gasteiger partial charge in [0.1, 0.15) is 5.75 Å². The lowest BCUT2D eigenvalue weighted by molar-refractivity contribution is -0.125. The number of anilines is 1. The van der Waals surface area contributed by atoms with Crippen molar-refractivity contribution in [3.8, 4) is 5.75 Å². The van der Waals surface area contributed by atoms with Crippen LogP contribution in [0, 0.1) is 5.92 Å². The Morgan fingerprint density at radius 3 is 2.71 bits per heavy atom. The Bertz CT molecular complexity index is 1120. The van der Waals surface area contributed by atoms with Crippen LogP contribution in [0.1, 0.15) is 25.3 Å². The molecule has 7 heteroatoms. The number of amides is 1. The van der Waals surface area contributed by atoms with E-state index in [1.807, 2.05) is 60.4 Å². The average Bonchev–Trinajstić information content (AvgIpc) is 2.82. The van der Waals surface area contributed by atoms with Gasteiger partial charge in [0, 0.05) is 26.2 Å². The molecule has 2 heterocycles. The van der Waals surface area contributed by atoms with E-state index in [4.69, 9.17) is 4.74 Å². The Balaban J connectivity index is 1.48. The molecule has 0 aliphatic carbocycles. The molecule has 3 aromatic rings. The zero-order valence-electron chi connectivity index (χ0n) is 18.0. The molecule has 0 bridgehead atoms. The van der Waals surface area contributed by atoms with Crippen LogP contribution in [0.3, 0.4) is 0 Å². The minimum Gasteiger partial charge on any atom is -0.497 e. The third-order valence-corrected chi connectivity index (χ3v) is 5.87. The first-order valence-electron chi connectivity index (χ1n) is 10.8. The van der Waals surface area contributed by atoms with Crippen molar-refractivity contribution >= 4 is 22.8 Å².